The molecule has 0 heterocycles. The number of carbonyl (C=O) groups is 1. The van der Waals surface area contributed by atoms with E-state index in [1.54, 1.807) is 0 Å². The molecule has 3 saturated carbocycles. The minimum absolute atomic E-state index is 0.0512. The molecule has 0 bridgehead atoms. The lowest BCUT2D eigenvalue weighted by Gasteiger charge is -2.59. The van der Waals surface area contributed by atoms with E-state index in [1.807, 2.05) is 13.0 Å². The van der Waals surface area contributed by atoms with Crippen LogP contribution < -0.4 is 0 Å². The molecule has 6 heteroatoms. The molecule has 3 N–H and O–H groups in total. The van der Waals surface area contributed by atoms with Crippen molar-refractivity contribution in [2.75, 3.05) is 6.61 Å². The average molecular weight is 457 g/mol. The highest BCUT2D eigenvalue weighted by molar-refractivity contribution is 9.09. The number of ether oxygens (including phenoxy) is 1. The van der Waals surface area contributed by atoms with E-state index in [1.165, 1.54) is 0 Å². The molecule has 158 valence electrons. The van der Waals surface area contributed by atoms with Crippen LogP contribution in [-0.4, -0.2) is 51.0 Å². The largest absolute Gasteiger partial charge is 0.461 e. The van der Waals surface area contributed by atoms with Gasteiger partial charge in [0, 0.05) is 17.3 Å². The molecule has 0 amide bonds. The Morgan fingerprint density at radius 1 is 1.29 bits per heavy atom. The van der Waals surface area contributed by atoms with E-state index >= 15 is 0 Å². The van der Waals surface area contributed by atoms with Crippen molar-refractivity contribution in [3.05, 3.63) is 11.6 Å². The summed E-state index contributed by atoms with van der Waals surface area (Å²) in [6, 6.07) is 0. The lowest BCUT2D eigenvalue weighted by molar-refractivity contribution is -0.162. The van der Waals surface area contributed by atoms with Gasteiger partial charge in [0.15, 0.2) is 0 Å². The van der Waals surface area contributed by atoms with Crippen molar-refractivity contribution in [1.82, 2.24) is 0 Å². The predicted molar refractivity (Wildman–Crippen MR) is 109 cm³/mol. The maximum atomic E-state index is 12.0. The second kappa shape index (κ2) is 7.36. The first-order chi connectivity index (χ1) is 13.3. The van der Waals surface area contributed by atoms with Crippen molar-refractivity contribution >= 4 is 21.9 Å². The average Bonchev–Trinajstić information content (AvgIpc) is 2.92. The zero-order valence-electron chi connectivity index (χ0n) is 16.8. The highest BCUT2D eigenvalue weighted by Gasteiger charge is 2.64. The lowest BCUT2D eigenvalue weighted by atomic mass is 9.47. The van der Waals surface area contributed by atoms with Crippen molar-refractivity contribution in [2.24, 2.45) is 28.6 Å². The van der Waals surface area contributed by atoms with Gasteiger partial charge in [0.25, 0.3) is 0 Å². The fourth-order valence-electron chi connectivity index (χ4n) is 7.09. The summed E-state index contributed by atoms with van der Waals surface area (Å²) in [5.41, 5.74) is 0.565. The van der Waals surface area contributed by atoms with E-state index in [2.05, 4.69) is 22.9 Å². The molecule has 0 spiro atoms. The molecule has 5 nitrogen and oxygen atoms in total. The van der Waals surface area contributed by atoms with E-state index < -0.39 is 6.10 Å². The maximum absolute atomic E-state index is 12.0. The summed E-state index contributed by atoms with van der Waals surface area (Å²) in [7, 11) is 0. The maximum Gasteiger partial charge on any atom is 0.305 e. The van der Waals surface area contributed by atoms with Crippen LogP contribution in [0.2, 0.25) is 0 Å². The summed E-state index contributed by atoms with van der Waals surface area (Å²) in [5.74, 6) is 0.319. The topological polar surface area (TPSA) is 87.0 Å². The molecule has 0 radical (unpaired) electrons. The normalized spacial score (nSPS) is 50.2. The molecule has 0 aromatic heterocycles. The molecule has 4 aliphatic rings. The van der Waals surface area contributed by atoms with Crippen LogP contribution in [0, 0.1) is 28.6 Å². The molecule has 4 unspecified atom stereocenters. The monoisotopic (exact) mass is 456 g/mol. The first-order valence-corrected chi connectivity index (χ1v) is 11.7. The molecule has 0 aromatic carbocycles. The summed E-state index contributed by atoms with van der Waals surface area (Å²) >= 11 is 3.77. The fraction of sp³-hybridized carbons (Fsp3) is 0.864. The SMILES string of the molecule is CCC(=O)O[C@H]1[C@H](Br)CC2C3C(O)C=C4C[C@@H](O)CC[C@]4(CO)C3CC[C@@]21C. The summed E-state index contributed by atoms with van der Waals surface area (Å²) in [5, 5.41) is 31.8. The molecule has 0 aromatic rings. The van der Waals surface area contributed by atoms with Crippen LogP contribution in [0.25, 0.3) is 0 Å². The zero-order valence-corrected chi connectivity index (χ0v) is 18.4. The van der Waals surface area contributed by atoms with Gasteiger partial charge in [0.2, 0.25) is 0 Å². The first-order valence-electron chi connectivity index (χ1n) is 10.8. The summed E-state index contributed by atoms with van der Waals surface area (Å²) in [6.07, 6.45) is 5.90. The standard InChI is InChI=1S/C22H33BrO5/c1-3-18(27)28-20-16(23)10-15-19-14(5-6-21(15,20)2)22(11-24)7-4-13(25)8-12(22)9-17(19)26/h9,13-17,19-20,24-26H,3-8,10-11H2,1-2H3/t13-,14?,15?,16+,17?,19?,20-,21-,22+/m0/s1. The van der Waals surface area contributed by atoms with Gasteiger partial charge in [-0.3, -0.25) is 4.79 Å². The van der Waals surface area contributed by atoms with Crippen LogP contribution in [0.5, 0.6) is 0 Å². The Bertz CT molecular complexity index is 665. The number of rotatable bonds is 3. The summed E-state index contributed by atoms with van der Waals surface area (Å²) in [4.78, 5) is 12.1. The number of hydrogen-bond donors (Lipinski definition) is 3. The smallest absolute Gasteiger partial charge is 0.305 e. The van der Waals surface area contributed by atoms with Crippen molar-refractivity contribution in [3.63, 3.8) is 0 Å². The third-order valence-corrected chi connectivity index (χ3v) is 9.41. The van der Waals surface area contributed by atoms with Crippen LogP contribution in [0.1, 0.15) is 58.8 Å². The Balaban J connectivity index is 1.69. The van der Waals surface area contributed by atoms with Crippen molar-refractivity contribution in [2.45, 2.75) is 81.9 Å². The zero-order chi connectivity index (χ0) is 20.3. The Morgan fingerprint density at radius 3 is 2.71 bits per heavy atom. The number of fused-ring (bicyclic) bond motifs is 5. The van der Waals surface area contributed by atoms with E-state index in [0.717, 1.165) is 31.3 Å². The summed E-state index contributed by atoms with van der Waals surface area (Å²) in [6.45, 7) is 4.11. The second-order valence-corrected chi connectivity index (χ2v) is 10.9. The molecular weight excluding hydrogens is 424 g/mol. The van der Waals surface area contributed by atoms with Crippen LogP contribution in [0.15, 0.2) is 11.6 Å². The number of aliphatic hydroxyl groups excluding tert-OH is 3. The Hall–Kier alpha value is -0.430. The van der Waals surface area contributed by atoms with Crippen molar-refractivity contribution in [1.29, 1.82) is 0 Å². The van der Waals surface area contributed by atoms with Crippen molar-refractivity contribution in [3.8, 4) is 0 Å². The van der Waals surface area contributed by atoms with Crippen LogP contribution in [-0.2, 0) is 9.53 Å². The Kier molecular flexibility index (Phi) is 5.48. The predicted octanol–water partition coefficient (Wildman–Crippen LogP) is 2.95. The third kappa shape index (κ3) is 2.93. The number of aliphatic hydroxyl groups is 3. The number of carbonyl (C=O) groups excluding carboxylic acids is 1. The van der Waals surface area contributed by atoms with Crippen LogP contribution >= 0.6 is 15.9 Å². The second-order valence-electron chi connectivity index (χ2n) is 9.74. The van der Waals surface area contributed by atoms with Gasteiger partial charge >= 0.3 is 5.97 Å². The molecule has 0 saturated heterocycles. The molecule has 3 fully saturated rings. The molecule has 4 aliphatic carbocycles. The third-order valence-electron chi connectivity index (χ3n) is 8.55. The van der Waals surface area contributed by atoms with Gasteiger partial charge in [-0.05, 0) is 56.3 Å². The fourth-order valence-corrected chi connectivity index (χ4v) is 8.21. The number of esters is 1. The van der Waals surface area contributed by atoms with Crippen molar-refractivity contribution < 1.29 is 24.9 Å². The number of alkyl halides is 1. The van der Waals surface area contributed by atoms with Crippen LogP contribution in [0.3, 0.4) is 0 Å². The van der Waals surface area contributed by atoms with Gasteiger partial charge in [0.1, 0.15) is 6.10 Å². The minimum Gasteiger partial charge on any atom is -0.461 e. The van der Waals surface area contributed by atoms with Crippen LogP contribution in [0.4, 0.5) is 0 Å². The van der Waals surface area contributed by atoms with E-state index in [0.29, 0.717) is 19.3 Å². The van der Waals surface area contributed by atoms with Gasteiger partial charge in [-0.1, -0.05) is 41.4 Å². The Labute approximate surface area is 175 Å². The molecule has 4 rings (SSSR count). The van der Waals surface area contributed by atoms with Gasteiger partial charge < -0.3 is 20.1 Å². The van der Waals surface area contributed by atoms with Gasteiger partial charge in [-0.15, -0.1) is 0 Å². The highest BCUT2D eigenvalue weighted by atomic mass is 79.9. The van der Waals surface area contributed by atoms with Gasteiger partial charge in [-0.2, -0.15) is 0 Å². The first kappa shape index (κ1) is 20.8. The number of halogens is 1. The highest BCUT2D eigenvalue weighted by Crippen LogP contribution is 2.66. The van der Waals surface area contributed by atoms with E-state index in [9.17, 15) is 20.1 Å². The molecule has 0 aliphatic heterocycles. The Morgan fingerprint density at radius 2 is 2.04 bits per heavy atom. The molecule has 28 heavy (non-hydrogen) atoms. The quantitative estimate of drug-likeness (QED) is 0.345. The minimum atomic E-state index is -0.574. The number of hydrogen-bond acceptors (Lipinski definition) is 5. The van der Waals surface area contributed by atoms with Gasteiger partial charge in [-0.25, -0.2) is 0 Å². The lowest BCUT2D eigenvalue weighted by Crippen LogP contribution is -2.57. The van der Waals surface area contributed by atoms with E-state index in [4.69, 9.17) is 4.74 Å². The molecular formula is C22H33BrO5. The van der Waals surface area contributed by atoms with E-state index in [-0.39, 0.29) is 58.2 Å². The van der Waals surface area contributed by atoms with Gasteiger partial charge in [0.05, 0.1) is 23.6 Å². The molecule has 9 atom stereocenters. The summed E-state index contributed by atoms with van der Waals surface area (Å²) < 4.78 is 5.87.